The molecule has 1 unspecified atom stereocenters. The average molecular weight is 258 g/mol. The summed E-state index contributed by atoms with van der Waals surface area (Å²) in [7, 11) is -2.95. The van der Waals surface area contributed by atoms with Crippen LogP contribution >= 0.6 is 0 Å². The Morgan fingerprint density at radius 3 is 2.88 bits per heavy atom. The van der Waals surface area contributed by atoms with E-state index in [0.717, 1.165) is 0 Å². The molecular formula is C10H14N2O4S. The number of Topliss-reactive ketones (excluding diaryl/α,β-unsaturated/α-hetero) is 1. The van der Waals surface area contributed by atoms with Crippen molar-refractivity contribution in [3.05, 3.63) is 11.7 Å². The molecule has 17 heavy (non-hydrogen) atoms. The summed E-state index contributed by atoms with van der Waals surface area (Å²) in [5.41, 5.74) is 0. The minimum Gasteiger partial charge on any atom is -0.339 e. The molecule has 0 spiro atoms. The number of carbonyl (C=O) groups excluding carboxylic acids is 1. The molecule has 0 aromatic carbocycles. The maximum atomic E-state index is 11.3. The smallest absolute Gasteiger partial charge is 0.234 e. The highest BCUT2D eigenvalue weighted by atomic mass is 32.2. The second-order valence-corrected chi connectivity index (χ2v) is 6.44. The summed E-state index contributed by atoms with van der Waals surface area (Å²) < 4.78 is 27.6. The van der Waals surface area contributed by atoms with E-state index >= 15 is 0 Å². The number of ketones is 1. The van der Waals surface area contributed by atoms with Crippen LogP contribution in [0.1, 0.15) is 37.4 Å². The van der Waals surface area contributed by atoms with Crippen LogP contribution in [0.5, 0.6) is 0 Å². The zero-order valence-electron chi connectivity index (χ0n) is 9.55. The van der Waals surface area contributed by atoms with Gasteiger partial charge in [0.1, 0.15) is 5.78 Å². The van der Waals surface area contributed by atoms with Gasteiger partial charge in [0.15, 0.2) is 15.7 Å². The van der Waals surface area contributed by atoms with Crippen molar-refractivity contribution in [2.45, 2.75) is 32.1 Å². The van der Waals surface area contributed by atoms with Crippen molar-refractivity contribution in [1.82, 2.24) is 10.1 Å². The third kappa shape index (κ3) is 2.91. The number of hydrogen-bond acceptors (Lipinski definition) is 6. The van der Waals surface area contributed by atoms with Crippen LogP contribution in [-0.2, 0) is 21.1 Å². The van der Waals surface area contributed by atoms with Gasteiger partial charge in [-0.25, -0.2) is 8.42 Å². The minimum atomic E-state index is -2.95. The molecule has 0 radical (unpaired) electrons. The van der Waals surface area contributed by atoms with Gasteiger partial charge in [-0.2, -0.15) is 4.98 Å². The van der Waals surface area contributed by atoms with Crippen molar-refractivity contribution in [2.24, 2.45) is 0 Å². The molecule has 1 aliphatic heterocycles. The normalized spacial score (nSPS) is 22.8. The Morgan fingerprint density at radius 2 is 2.29 bits per heavy atom. The van der Waals surface area contributed by atoms with Gasteiger partial charge in [-0.3, -0.25) is 4.79 Å². The largest absolute Gasteiger partial charge is 0.339 e. The molecule has 0 amide bonds. The number of carbonyl (C=O) groups is 1. The van der Waals surface area contributed by atoms with Gasteiger partial charge in [0.25, 0.3) is 0 Å². The summed E-state index contributed by atoms with van der Waals surface area (Å²) in [6.07, 6.45) is 1.08. The molecule has 0 aliphatic carbocycles. The highest BCUT2D eigenvalue weighted by Crippen LogP contribution is 2.26. The lowest BCUT2D eigenvalue weighted by Gasteiger charge is -1.98. The molecule has 1 atom stereocenters. The standard InChI is InChI=1S/C10H14N2O4S/c1-2-8(13)5-9-11-10(12-16-9)7-3-4-17(14,15)6-7/h7H,2-6H2,1H3. The predicted octanol–water partition coefficient (Wildman–Crippen LogP) is 0.493. The SMILES string of the molecule is CCC(=O)Cc1nc(C2CCS(=O)(=O)C2)no1. The number of hydrogen-bond donors (Lipinski definition) is 0. The monoisotopic (exact) mass is 258 g/mol. The maximum absolute atomic E-state index is 11.3. The second kappa shape index (κ2) is 4.56. The summed E-state index contributed by atoms with van der Waals surface area (Å²) in [5.74, 6) is 0.776. The lowest BCUT2D eigenvalue weighted by Crippen LogP contribution is -2.05. The van der Waals surface area contributed by atoms with E-state index in [1.807, 2.05) is 0 Å². The maximum Gasteiger partial charge on any atom is 0.234 e. The molecule has 6 nitrogen and oxygen atoms in total. The summed E-state index contributed by atoms with van der Waals surface area (Å²) >= 11 is 0. The van der Waals surface area contributed by atoms with E-state index in [9.17, 15) is 13.2 Å². The Kier molecular flexibility index (Phi) is 3.28. The van der Waals surface area contributed by atoms with Gasteiger partial charge in [-0.1, -0.05) is 12.1 Å². The van der Waals surface area contributed by atoms with Crippen LogP contribution in [0.2, 0.25) is 0 Å². The molecule has 2 rings (SSSR count). The third-order valence-corrected chi connectivity index (χ3v) is 4.59. The number of sulfone groups is 1. The fraction of sp³-hybridized carbons (Fsp3) is 0.700. The van der Waals surface area contributed by atoms with E-state index in [-0.39, 0.29) is 35.5 Å². The van der Waals surface area contributed by atoms with Crippen LogP contribution in [0.25, 0.3) is 0 Å². The zero-order valence-corrected chi connectivity index (χ0v) is 10.4. The topological polar surface area (TPSA) is 90.1 Å². The van der Waals surface area contributed by atoms with Crippen molar-refractivity contribution < 1.29 is 17.7 Å². The molecule has 1 aliphatic rings. The summed E-state index contributed by atoms with van der Waals surface area (Å²) in [6, 6.07) is 0. The predicted molar refractivity (Wildman–Crippen MR) is 59.3 cm³/mol. The summed E-state index contributed by atoms with van der Waals surface area (Å²) in [4.78, 5) is 15.3. The van der Waals surface area contributed by atoms with Crippen LogP contribution in [0.4, 0.5) is 0 Å². The fourth-order valence-electron chi connectivity index (χ4n) is 1.80. The van der Waals surface area contributed by atoms with Gasteiger partial charge in [0, 0.05) is 12.3 Å². The van der Waals surface area contributed by atoms with Gasteiger partial charge < -0.3 is 4.52 Å². The van der Waals surface area contributed by atoms with Crippen LogP contribution in [0.15, 0.2) is 4.52 Å². The molecule has 0 bridgehead atoms. The molecule has 2 heterocycles. The average Bonchev–Trinajstić information content (AvgIpc) is 2.84. The van der Waals surface area contributed by atoms with Crippen molar-refractivity contribution in [3.63, 3.8) is 0 Å². The fourth-order valence-corrected chi connectivity index (χ4v) is 3.54. The van der Waals surface area contributed by atoms with E-state index < -0.39 is 9.84 Å². The number of rotatable bonds is 4. The minimum absolute atomic E-state index is 0.0271. The molecule has 1 aromatic heterocycles. The van der Waals surface area contributed by atoms with Crippen molar-refractivity contribution >= 4 is 15.6 Å². The first-order chi connectivity index (χ1) is 8.00. The van der Waals surface area contributed by atoms with Crippen LogP contribution in [0.3, 0.4) is 0 Å². The van der Waals surface area contributed by atoms with Crippen molar-refractivity contribution in [3.8, 4) is 0 Å². The van der Waals surface area contributed by atoms with Crippen molar-refractivity contribution in [2.75, 3.05) is 11.5 Å². The highest BCUT2D eigenvalue weighted by molar-refractivity contribution is 7.91. The van der Waals surface area contributed by atoms with E-state index in [4.69, 9.17) is 4.52 Å². The molecular weight excluding hydrogens is 244 g/mol. The van der Waals surface area contributed by atoms with Gasteiger partial charge >= 0.3 is 0 Å². The molecule has 0 saturated carbocycles. The van der Waals surface area contributed by atoms with E-state index in [1.165, 1.54) is 0 Å². The Morgan fingerprint density at radius 1 is 1.53 bits per heavy atom. The highest BCUT2D eigenvalue weighted by Gasteiger charge is 2.32. The quantitative estimate of drug-likeness (QED) is 0.780. The first kappa shape index (κ1) is 12.2. The molecule has 7 heteroatoms. The molecule has 1 saturated heterocycles. The molecule has 1 aromatic rings. The first-order valence-corrected chi connectivity index (χ1v) is 7.37. The van der Waals surface area contributed by atoms with E-state index in [0.29, 0.717) is 18.7 Å². The van der Waals surface area contributed by atoms with Crippen molar-refractivity contribution in [1.29, 1.82) is 0 Å². The Bertz CT molecular complexity index is 520. The lowest BCUT2D eigenvalue weighted by atomic mass is 10.1. The molecule has 0 N–H and O–H groups in total. The van der Waals surface area contributed by atoms with Crippen LogP contribution in [0, 0.1) is 0 Å². The molecule has 1 fully saturated rings. The number of aromatic nitrogens is 2. The third-order valence-electron chi connectivity index (χ3n) is 2.82. The zero-order chi connectivity index (χ0) is 12.5. The Labute approximate surface area is 99.3 Å². The van der Waals surface area contributed by atoms with Gasteiger partial charge in [0.2, 0.25) is 5.89 Å². The van der Waals surface area contributed by atoms with E-state index in [1.54, 1.807) is 6.92 Å². The Balaban J connectivity index is 2.06. The van der Waals surface area contributed by atoms with E-state index in [2.05, 4.69) is 10.1 Å². The van der Waals surface area contributed by atoms with Gasteiger partial charge in [-0.15, -0.1) is 0 Å². The summed E-state index contributed by atoms with van der Waals surface area (Å²) in [5, 5.41) is 3.75. The first-order valence-electron chi connectivity index (χ1n) is 5.55. The lowest BCUT2D eigenvalue weighted by molar-refractivity contribution is -0.118. The summed E-state index contributed by atoms with van der Waals surface area (Å²) in [6.45, 7) is 1.77. The van der Waals surface area contributed by atoms with Gasteiger partial charge in [0.05, 0.1) is 17.9 Å². The van der Waals surface area contributed by atoms with Gasteiger partial charge in [-0.05, 0) is 6.42 Å². The van der Waals surface area contributed by atoms with Crippen LogP contribution < -0.4 is 0 Å². The Hall–Kier alpha value is -1.24. The number of nitrogens with zero attached hydrogens (tertiary/aromatic N) is 2. The molecule has 94 valence electrons. The second-order valence-electron chi connectivity index (χ2n) is 4.22. The van der Waals surface area contributed by atoms with Crippen LogP contribution in [-0.4, -0.2) is 35.8 Å².